The predicted octanol–water partition coefficient (Wildman–Crippen LogP) is 15.0. The first-order valence-electron chi connectivity index (χ1n) is 23.8. The lowest BCUT2D eigenvalue weighted by Crippen LogP contribution is -2.31. The average Bonchev–Trinajstić information content (AvgIpc) is 3.80. The topological polar surface area (TPSA) is 0 Å². The lowest BCUT2D eigenvalue weighted by atomic mass is 9.76. The van der Waals surface area contributed by atoms with Crippen molar-refractivity contribution in [2.24, 2.45) is 0 Å². The lowest BCUT2D eigenvalue weighted by Gasteiger charge is -2.28. The van der Waals surface area contributed by atoms with Crippen LogP contribution in [0.5, 0.6) is 0 Å². The Morgan fingerprint density at radius 3 is 1.70 bits per heavy atom. The van der Waals surface area contributed by atoms with E-state index in [9.17, 15) is 0 Å². The summed E-state index contributed by atoms with van der Waals surface area (Å²) in [6, 6.07) is 40.2. The van der Waals surface area contributed by atoms with E-state index < -0.39 is 0 Å². The van der Waals surface area contributed by atoms with Gasteiger partial charge in [0.2, 0.25) is 0 Å². The van der Waals surface area contributed by atoms with E-state index in [-0.39, 0.29) is 16.2 Å². The highest BCUT2D eigenvalue weighted by atomic mass is 14.5. The lowest BCUT2D eigenvalue weighted by molar-refractivity contribution is 0.609. The van der Waals surface area contributed by atoms with Crippen LogP contribution in [-0.4, -0.2) is 0 Å². The van der Waals surface area contributed by atoms with Crippen molar-refractivity contribution in [1.29, 1.82) is 0 Å². The molecule has 0 radical (unpaired) electrons. The molecule has 0 saturated carbocycles. The minimum atomic E-state index is 0.0181. The third kappa shape index (κ3) is 5.16. The van der Waals surface area contributed by atoms with Crippen LogP contribution < -0.4 is 10.4 Å². The maximum atomic E-state index is 2.62. The Hall–Kier alpha value is -5.98. The molecule has 0 heterocycles. The van der Waals surface area contributed by atoms with Crippen LogP contribution in [0.3, 0.4) is 0 Å². The van der Waals surface area contributed by atoms with Crippen molar-refractivity contribution in [2.75, 3.05) is 0 Å². The highest BCUT2D eigenvalue weighted by molar-refractivity contribution is 6.15. The SMILES string of the molecule is CC1(C)C2=C(C=C(c3cc4c(cc(C5=CC6=C(CC5)C(C)(C)c5ccccc56)c5ccc(C6=CCC7C(=C6)C(C)(C)c6ccccc67)cc54)c4c3=CCCC=4)CC2)c2ccccc21. The highest BCUT2D eigenvalue weighted by Gasteiger charge is 2.43. The molecule has 7 aliphatic rings. The molecule has 1 unspecified atom stereocenters. The predicted molar refractivity (Wildman–Crippen MR) is 269 cm³/mol. The summed E-state index contributed by atoms with van der Waals surface area (Å²) in [6.45, 7) is 14.6. The van der Waals surface area contributed by atoms with Crippen molar-refractivity contribution < 1.29 is 0 Å². The van der Waals surface area contributed by atoms with Gasteiger partial charge in [-0.15, -0.1) is 0 Å². The van der Waals surface area contributed by atoms with Gasteiger partial charge in [0.25, 0.3) is 0 Å². The number of hydrogen-bond donors (Lipinski definition) is 0. The van der Waals surface area contributed by atoms with Crippen LogP contribution in [0.25, 0.3) is 61.6 Å². The molecular weight excluding hydrogens is 757 g/mol. The summed E-state index contributed by atoms with van der Waals surface area (Å²) >= 11 is 0. The first-order chi connectivity index (χ1) is 30.5. The van der Waals surface area contributed by atoms with Crippen molar-refractivity contribution in [2.45, 2.75) is 109 Å². The molecule has 6 aromatic carbocycles. The molecule has 0 heteroatoms. The van der Waals surface area contributed by atoms with E-state index in [1.165, 1.54) is 110 Å². The minimum absolute atomic E-state index is 0.0181. The van der Waals surface area contributed by atoms with Crippen LogP contribution in [0.2, 0.25) is 0 Å². The molecule has 0 saturated heterocycles. The van der Waals surface area contributed by atoms with Crippen LogP contribution in [0, 0.1) is 0 Å². The number of benzene rings is 6. The molecule has 0 spiro atoms. The smallest absolute Gasteiger partial charge is 0.0121 e. The van der Waals surface area contributed by atoms with E-state index in [0.717, 1.165) is 44.9 Å². The van der Waals surface area contributed by atoms with Crippen LogP contribution >= 0.6 is 0 Å². The molecule has 63 heavy (non-hydrogen) atoms. The standard InChI is InChI=1S/C63H56/c1-61(2)56-21-13-10-18-45(56)53-32-39(25-29-58(53)61)48-36-52-50-31-37(38-24-28-47-44-17-9-12-20-55(44)63(5,6)60(47)34-38)23-27-43(50)49(35-51(52)42-16-8-7-15-41(42)48)40-26-30-59-54(33-40)46-19-11-14-22-57(46)62(59,3)4/h9-24,27,31-36,47H,7-8,25-26,28-30H2,1-6H3. The summed E-state index contributed by atoms with van der Waals surface area (Å²) in [5, 5.41) is 8.44. The van der Waals surface area contributed by atoms with Gasteiger partial charge < -0.3 is 0 Å². The second-order valence-corrected chi connectivity index (χ2v) is 21.2. The molecule has 0 aromatic heterocycles. The second kappa shape index (κ2) is 13.0. The number of rotatable bonds is 3. The monoisotopic (exact) mass is 812 g/mol. The van der Waals surface area contributed by atoms with Gasteiger partial charge in [0.15, 0.2) is 0 Å². The largest absolute Gasteiger partial charge is 0.0757 e. The quantitative estimate of drug-likeness (QED) is 0.156. The molecule has 13 rings (SSSR count). The van der Waals surface area contributed by atoms with Crippen LogP contribution in [0.15, 0.2) is 144 Å². The summed E-state index contributed by atoms with van der Waals surface area (Å²) in [7, 11) is 0. The van der Waals surface area contributed by atoms with Gasteiger partial charge in [0.1, 0.15) is 0 Å². The zero-order valence-electron chi connectivity index (χ0n) is 37.8. The van der Waals surface area contributed by atoms with Gasteiger partial charge in [-0.1, -0.05) is 180 Å². The molecular formula is C63H56. The van der Waals surface area contributed by atoms with Crippen molar-refractivity contribution >= 4 is 61.6 Å². The van der Waals surface area contributed by atoms with Gasteiger partial charge in [-0.2, -0.15) is 0 Å². The molecule has 1 atom stereocenters. The first-order valence-corrected chi connectivity index (χ1v) is 23.8. The van der Waals surface area contributed by atoms with E-state index in [4.69, 9.17) is 0 Å². The molecule has 0 amide bonds. The Morgan fingerprint density at radius 1 is 0.444 bits per heavy atom. The van der Waals surface area contributed by atoms with E-state index in [1.54, 1.807) is 16.7 Å². The summed E-state index contributed by atoms with van der Waals surface area (Å²) in [5.41, 5.74) is 25.2. The van der Waals surface area contributed by atoms with Crippen molar-refractivity contribution in [3.8, 4) is 0 Å². The molecule has 0 fully saturated rings. The average molecular weight is 813 g/mol. The van der Waals surface area contributed by atoms with Gasteiger partial charge in [-0.3, -0.25) is 0 Å². The zero-order valence-corrected chi connectivity index (χ0v) is 37.8. The fraction of sp³-hybridized carbons (Fsp3) is 0.270. The fourth-order valence-electron chi connectivity index (χ4n) is 13.8. The first kappa shape index (κ1) is 37.6. The molecule has 7 aliphatic carbocycles. The Kier molecular flexibility index (Phi) is 7.78. The van der Waals surface area contributed by atoms with Crippen LogP contribution in [0.4, 0.5) is 0 Å². The van der Waals surface area contributed by atoms with Gasteiger partial charge in [0.05, 0.1) is 0 Å². The van der Waals surface area contributed by atoms with E-state index in [2.05, 4.69) is 181 Å². The Bertz CT molecular complexity index is 3430. The fourth-order valence-corrected chi connectivity index (χ4v) is 13.8. The molecule has 0 bridgehead atoms. The molecule has 6 aromatic rings. The van der Waals surface area contributed by atoms with Crippen LogP contribution in [0.1, 0.15) is 142 Å². The Balaban J connectivity index is 1.04. The van der Waals surface area contributed by atoms with Crippen LogP contribution in [-0.2, 0) is 16.2 Å². The van der Waals surface area contributed by atoms with Crippen molar-refractivity contribution in [3.05, 3.63) is 205 Å². The molecule has 0 N–H and O–H groups in total. The molecule has 0 nitrogen and oxygen atoms in total. The third-order valence-corrected chi connectivity index (χ3v) is 17.1. The highest BCUT2D eigenvalue weighted by Crippen LogP contribution is 2.56. The molecule has 308 valence electrons. The number of fused-ring (bicyclic) bond motifs is 12. The maximum Gasteiger partial charge on any atom is 0.0121 e. The zero-order chi connectivity index (χ0) is 42.6. The van der Waals surface area contributed by atoms with Crippen molar-refractivity contribution in [1.82, 2.24) is 0 Å². The van der Waals surface area contributed by atoms with E-state index >= 15 is 0 Å². The summed E-state index contributed by atoms with van der Waals surface area (Å²) in [4.78, 5) is 0. The maximum absolute atomic E-state index is 2.62. The van der Waals surface area contributed by atoms with Crippen molar-refractivity contribution in [3.63, 3.8) is 0 Å². The molecule has 0 aliphatic heterocycles. The normalized spacial score (nSPS) is 21.8. The number of hydrogen-bond acceptors (Lipinski definition) is 0. The van der Waals surface area contributed by atoms with Gasteiger partial charge in [-0.05, 0) is 173 Å². The van der Waals surface area contributed by atoms with E-state index in [0.29, 0.717) is 5.92 Å². The van der Waals surface area contributed by atoms with Gasteiger partial charge in [0, 0.05) is 22.2 Å². The van der Waals surface area contributed by atoms with Gasteiger partial charge in [-0.25, -0.2) is 0 Å². The van der Waals surface area contributed by atoms with Gasteiger partial charge >= 0.3 is 0 Å². The Morgan fingerprint density at radius 2 is 1.02 bits per heavy atom. The summed E-state index contributed by atoms with van der Waals surface area (Å²) in [6.07, 6.45) is 23.0. The number of allylic oxidation sites excluding steroid dienone is 12. The second-order valence-electron chi connectivity index (χ2n) is 21.2. The van der Waals surface area contributed by atoms with E-state index in [1.807, 2.05) is 0 Å². The summed E-state index contributed by atoms with van der Waals surface area (Å²) in [5.74, 6) is 0.466. The third-order valence-electron chi connectivity index (χ3n) is 17.1. The minimum Gasteiger partial charge on any atom is -0.0757 e. The Labute approximate surface area is 373 Å². The summed E-state index contributed by atoms with van der Waals surface area (Å²) < 4.78 is 0.